The van der Waals surface area contributed by atoms with Gasteiger partial charge in [0.15, 0.2) is 17.4 Å². The van der Waals surface area contributed by atoms with E-state index in [1.165, 1.54) is 7.11 Å². The summed E-state index contributed by atoms with van der Waals surface area (Å²) in [4.78, 5) is 33.2. The summed E-state index contributed by atoms with van der Waals surface area (Å²) in [5, 5.41) is 9.88. The average Bonchev–Trinajstić information content (AvgIpc) is 3.70. The highest BCUT2D eigenvalue weighted by Gasteiger charge is 2.54. The van der Waals surface area contributed by atoms with Crippen molar-refractivity contribution in [3.8, 4) is 5.75 Å². The van der Waals surface area contributed by atoms with Crippen LogP contribution in [0.1, 0.15) is 72.5 Å². The largest absolute Gasteiger partial charge is 0.491 e. The number of rotatable bonds is 8. The van der Waals surface area contributed by atoms with Crippen LogP contribution in [0.3, 0.4) is 0 Å². The minimum atomic E-state index is -0.883. The highest BCUT2D eigenvalue weighted by Crippen LogP contribution is 2.52. The summed E-state index contributed by atoms with van der Waals surface area (Å²) >= 11 is 0. The Kier molecular flexibility index (Phi) is 6.90. The minimum absolute atomic E-state index is 0.0389. The maximum atomic E-state index is 14.6. The summed E-state index contributed by atoms with van der Waals surface area (Å²) in [5.41, 5.74) is 6.03. The van der Waals surface area contributed by atoms with Gasteiger partial charge in [-0.1, -0.05) is 18.6 Å². The molecule has 1 heterocycles. The molecule has 1 spiro atoms. The third-order valence-electron chi connectivity index (χ3n) is 7.62. The normalized spacial score (nSPS) is 19.3. The maximum Gasteiger partial charge on any atom is 0.275 e. The van der Waals surface area contributed by atoms with E-state index in [-0.39, 0.29) is 47.4 Å². The number of hydrogen-bond acceptors (Lipinski definition) is 5. The Morgan fingerprint density at radius 2 is 1.82 bits per heavy atom. The van der Waals surface area contributed by atoms with Crippen LogP contribution in [0.2, 0.25) is 0 Å². The molecule has 0 saturated heterocycles. The van der Waals surface area contributed by atoms with Gasteiger partial charge in [0, 0.05) is 11.1 Å². The molecule has 2 amide bonds. The Balaban J connectivity index is 1.51. The van der Waals surface area contributed by atoms with Crippen molar-refractivity contribution in [2.45, 2.75) is 56.7 Å². The second-order valence-electron chi connectivity index (χ2n) is 10.3. The Hall–Kier alpha value is -3.82. The third-order valence-corrected chi connectivity index (χ3v) is 7.62. The Bertz CT molecular complexity index is 1280. The summed E-state index contributed by atoms with van der Waals surface area (Å²) in [6.07, 6.45) is 6.10. The molecule has 38 heavy (non-hydrogen) atoms. The first-order valence-corrected chi connectivity index (χ1v) is 12.9. The number of aliphatic imine (C=N–C) groups is 1. The molecule has 5 rings (SSSR count). The van der Waals surface area contributed by atoms with E-state index in [0.29, 0.717) is 18.4 Å². The van der Waals surface area contributed by atoms with Gasteiger partial charge in [0.1, 0.15) is 17.2 Å². The number of hydrogen-bond donors (Lipinski definition) is 3. The summed E-state index contributed by atoms with van der Waals surface area (Å²) in [6.45, 7) is -0.0389. The average molecular weight is 524 g/mol. The Labute approximate surface area is 219 Å². The lowest BCUT2D eigenvalue weighted by Crippen LogP contribution is -2.50. The van der Waals surface area contributed by atoms with Crippen LogP contribution in [0.4, 0.5) is 8.78 Å². The second kappa shape index (κ2) is 10.2. The van der Waals surface area contributed by atoms with Crippen molar-refractivity contribution in [2.24, 2.45) is 16.6 Å². The zero-order valence-corrected chi connectivity index (χ0v) is 21.2. The molecule has 0 bridgehead atoms. The van der Waals surface area contributed by atoms with Gasteiger partial charge in [0.2, 0.25) is 0 Å². The van der Waals surface area contributed by atoms with Crippen LogP contribution in [0.15, 0.2) is 41.4 Å². The van der Waals surface area contributed by atoms with E-state index >= 15 is 0 Å². The molecule has 1 aliphatic heterocycles. The topological polar surface area (TPSA) is 121 Å². The number of amidine groups is 1. The van der Waals surface area contributed by atoms with Gasteiger partial charge < -0.3 is 20.7 Å². The predicted octanol–water partition coefficient (Wildman–Crippen LogP) is 4.08. The van der Waals surface area contributed by atoms with E-state index in [2.05, 4.69) is 5.32 Å². The fourth-order valence-corrected chi connectivity index (χ4v) is 5.70. The SMILES string of the molecule is COc1c(F)cc(C2=NC3(CCCCC3)N(C(c3ccc(C(=O)NCC(=N)N)cc3)C3CC3)C2=O)cc1F. The highest BCUT2D eigenvalue weighted by atomic mass is 19.1. The fraction of sp³-hybridized carbons (Fsp3) is 0.429. The Morgan fingerprint density at radius 1 is 1.18 bits per heavy atom. The van der Waals surface area contributed by atoms with Gasteiger partial charge in [-0.3, -0.25) is 20.0 Å². The number of nitrogens with two attached hydrogens (primary N) is 1. The number of halogens is 2. The molecule has 2 aromatic carbocycles. The molecule has 1 unspecified atom stereocenters. The molecule has 10 heteroatoms. The third kappa shape index (κ3) is 4.75. The van der Waals surface area contributed by atoms with Crippen molar-refractivity contribution in [1.82, 2.24) is 10.2 Å². The lowest BCUT2D eigenvalue weighted by Gasteiger charge is -2.44. The quantitative estimate of drug-likeness (QED) is 0.357. The van der Waals surface area contributed by atoms with E-state index in [4.69, 9.17) is 20.9 Å². The molecular weight excluding hydrogens is 492 g/mol. The zero-order chi connectivity index (χ0) is 27.0. The molecule has 200 valence electrons. The number of nitrogens with zero attached hydrogens (tertiary/aromatic N) is 2. The molecule has 0 radical (unpaired) electrons. The number of nitrogens with one attached hydrogen (secondary N) is 2. The van der Waals surface area contributed by atoms with E-state index in [1.807, 2.05) is 17.0 Å². The minimum Gasteiger partial charge on any atom is -0.491 e. The van der Waals surface area contributed by atoms with E-state index in [9.17, 15) is 18.4 Å². The zero-order valence-electron chi connectivity index (χ0n) is 21.2. The van der Waals surface area contributed by atoms with Crippen LogP contribution >= 0.6 is 0 Å². The van der Waals surface area contributed by atoms with Crippen LogP contribution in [0.5, 0.6) is 5.75 Å². The monoisotopic (exact) mass is 523 g/mol. The molecular formula is C28H31F2N5O3. The van der Waals surface area contributed by atoms with Crippen molar-refractivity contribution in [3.05, 3.63) is 64.7 Å². The molecule has 4 N–H and O–H groups in total. The van der Waals surface area contributed by atoms with Crippen molar-refractivity contribution < 1.29 is 23.1 Å². The molecule has 8 nitrogen and oxygen atoms in total. The number of ether oxygens (including phenoxy) is 1. The van der Waals surface area contributed by atoms with Crippen LogP contribution < -0.4 is 15.8 Å². The first-order valence-electron chi connectivity index (χ1n) is 12.9. The van der Waals surface area contributed by atoms with Crippen molar-refractivity contribution in [2.75, 3.05) is 13.7 Å². The van der Waals surface area contributed by atoms with E-state index in [0.717, 1.165) is 49.8 Å². The first kappa shape index (κ1) is 25.8. The van der Waals surface area contributed by atoms with Crippen molar-refractivity contribution >= 4 is 23.4 Å². The van der Waals surface area contributed by atoms with Crippen molar-refractivity contribution in [3.63, 3.8) is 0 Å². The van der Waals surface area contributed by atoms with Gasteiger partial charge in [-0.15, -0.1) is 0 Å². The number of carbonyl (C=O) groups is 2. The van der Waals surface area contributed by atoms with Crippen LogP contribution in [-0.2, 0) is 4.79 Å². The van der Waals surface area contributed by atoms with E-state index < -0.39 is 23.0 Å². The maximum absolute atomic E-state index is 14.6. The predicted molar refractivity (Wildman–Crippen MR) is 138 cm³/mol. The van der Waals surface area contributed by atoms with Gasteiger partial charge in [-0.25, -0.2) is 8.78 Å². The number of carbonyl (C=O) groups excluding carboxylic acids is 2. The summed E-state index contributed by atoms with van der Waals surface area (Å²) in [7, 11) is 1.19. The number of amides is 2. The Morgan fingerprint density at radius 3 is 2.37 bits per heavy atom. The van der Waals surface area contributed by atoms with E-state index in [1.54, 1.807) is 12.1 Å². The summed E-state index contributed by atoms with van der Waals surface area (Å²) in [5.74, 6) is -2.85. The van der Waals surface area contributed by atoms with Gasteiger partial charge in [-0.05, 0) is 74.3 Å². The fourth-order valence-electron chi connectivity index (χ4n) is 5.70. The summed E-state index contributed by atoms with van der Waals surface area (Å²) in [6, 6.07) is 9.04. The van der Waals surface area contributed by atoms with Gasteiger partial charge >= 0.3 is 0 Å². The standard InChI is InChI=1S/C28H31F2N5O3/c1-38-25-20(29)13-19(14-21(25)30)23-27(37)35(28(34-23)11-3-2-4-12-28)24(16-5-6-16)17-7-9-18(10-8-17)26(36)33-15-22(31)32/h7-10,13-14,16,24H,2-6,11-12,15H2,1H3,(H3,31,32)(H,33,36). The molecule has 2 aromatic rings. The second-order valence-corrected chi connectivity index (χ2v) is 10.3. The molecule has 2 saturated carbocycles. The van der Waals surface area contributed by atoms with Gasteiger partial charge in [0.25, 0.3) is 11.8 Å². The number of methoxy groups -OCH3 is 1. The van der Waals surface area contributed by atoms with Crippen LogP contribution in [-0.4, -0.2) is 47.6 Å². The molecule has 3 aliphatic rings. The van der Waals surface area contributed by atoms with Crippen molar-refractivity contribution in [1.29, 1.82) is 5.41 Å². The number of benzene rings is 2. The molecule has 1 atom stereocenters. The molecule has 2 aliphatic carbocycles. The molecule has 0 aromatic heterocycles. The molecule has 2 fully saturated rings. The lowest BCUT2D eigenvalue weighted by molar-refractivity contribution is -0.133. The van der Waals surface area contributed by atoms with Gasteiger partial charge in [0.05, 0.1) is 19.7 Å². The lowest BCUT2D eigenvalue weighted by atomic mass is 9.86. The first-order chi connectivity index (χ1) is 18.2. The highest BCUT2D eigenvalue weighted by molar-refractivity contribution is 6.46. The smallest absolute Gasteiger partial charge is 0.275 e. The van der Waals surface area contributed by atoms with Crippen LogP contribution in [0, 0.1) is 23.0 Å². The van der Waals surface area contributed by atoms with Crippen LogP contribution in [0.25, 0.3) is 0 Å². The van der Waals surface area contributed by atoms with Gasteiger partial charge in [-0.2, -0.15) is 0 Å². The summed E-state index contributed by atoms with van der Waals surface area (Å²) < 4.78 is 34.0.